The molecule has 1 amide bonds. The van der Waals surface area contributed by atoms with E-state index in [2.05, 4.69) is 5.32 Å². The maximum atomic E-state index is 13.7. The summed E-state index contributed by atoms with van der Waals surface area (Å²) in [4.78, 5) is 27.0. The first kappa shape index (κ1) is 24.6. The summed E-state index contributed by atoms with van der Waals surface area (Å²) >= 11 is 0. The molecule has 35 heavy (non-hydrogen) atoms. The highest BCUT2D eigenvalue weighted by atomic mass is 16.6. The van der Waals surface area contributed by atoms with Crippen LogP contribution in [0.25, 0.3) is 0 Å². The van der Waals surface area contributed by atoms with E-state index >= 15 is 0 Å². The van der Waals surface area contributed by atoms with Gasteiger partial charge >= 0.3 is 12.1 Å². The Morgan fingerprint density at radius 2 is 1.54 bits per heavy atom. The minimum atomic E-state index is -0.626. The normalized spacial score (nSPS) is 31.7. The predicted octanol–water partition coefficient (Wildman–Crippen LogP) is 6.93. The standard InChI is InChI=1S/C30H43NO4/c32-28(34-21-22-12-4-1-5-13-22)27-26(23-14-6-2-7-15-23)25-17-9-8-16-24(25)20-30(35-29(33)31-27)18-10-3-11-19-30/h1,4-5,12-13,23-27H,2-3,6-11,14-21H2,(H,31,33). The Morgan fingerprint density at radius 3 is 2.31 bits per heavy atom. The highest BCUT2D eigenvalue weighted by Gasteiger charge is 2.50. The number of rotatable bonds is 4. The Labute approximate surface area is 210 Å². The van der Waals surface area contributed by atoms with Crippen molar-refractivity contribution in [3.63, 3.8) is 0 Å². The number of carbonyl (C=O) groups excluding carboxylic acids is 2. The summed E-state index contributed by atoms with van der Waals surface area (Å²) < 4.78 is 12.2. The van der Waals surface area contributed by atoms with Gasteiger partial charge in [-0.15, -0.1) is 0 Å². The second-order valence-electron chi connectivity index (χ2n) is 11.7. The van der Waals surface area contributed by atoms with E-state index in [1.165, 1.54) is 44.9 Å². The van der Waals surface area contributed by atoms with Crippen molar-refractivity contribution < 1.29 is 19.1 Å². The van der Waals surface area contributed by atoms with Gasteiger partial charge in [0.15, 0.2) is 0 Å². The summed E-state index contributed by atoms with van der Waals surface area (Å²) in [6.07, 6.45) is 16.8. The zero-order valence-electron chi connectivity index (χ0n) is 21.2. The van der Waals surface area contributed by atoms with Gasteiger partial charge in [0.25, 0.3) is 0 Å². The average molecular weight is 482 g/mol. The molecule has 4 aliphatic rings. The molecule has 5 nitrogen and oxygen atoms in total. The van der Waals surface area contributed by atoms with Gasteiger partial charge in [0, 0.05) is 0 Å². The number of benzene rings is 1. The van der Waals surface area contributed by atoms with Crippen LogP contribution in [0.4, 0.5) is 4.79 Å². The van der Waals surface area contributed by atoms with E-state index in [0.717, 1.165) is 56.9 Å². The van der Waals surface area contributed by atoms with E-state index in [9.17, 15) is 9.59 Å². The number of ether oxygens (including phenoxy) is 2. The third-order valence-corrected chi connectivity index (χ3v) is 9.50. The molecule has 1 N–H and O–H groups in total. The molecule has 1 spiro atoms. The first-order chi connectivity index (χ1) is 17.1. The number of alkyl carbamates (subject to hydrolysis) is 1. The highest BCUT2D eigenvalue weighted by molar-refractivity contribution is 5.82. The van der Waals surface area contributed by atoms with Gasteiger partial charge in [-0.3, -0.25) is 0 Å². The Bertz CT molecular complexity index is 843. The van der Waals surface area contributed by atoms with Crippen LogP contribution in [0.1, 0.15) is 102 Å². The lowest BCUT2D eigenvalue weighted by Gasteiger charge is -2.46. The minimum absolute atomic E-state index is 0.134. The second kappa shape index (κ2) is 11.3. The van der Waals surface area contributed by atoms with Crippen LogP contribution in [0, 0.1) is 23.7 Å². The van der Waals surface area contributed by atoms with Crippen molar-refractivity contribution in [2.24, 2.45) is 23.7 Å². The Balaban J connectivity index is 1.45. The summed E-state index contributed by atoms with van der Waals surface area (Å²) in [5.74, 6) is 1.28. The summed E-state index contributed by atoms with van der Waals surface area (Å²) in [5, 5.41) is 3.11. The van der Waals surface area contributed by atoms with Crippen LogP contribution in [0.3, 0.4) is 0 Å². The molecule has 1 saturated heterocycles. The summed E-state index contributed by atoms with van der Waals surface area (Å²) in [5.41, 5.74) is 0.611. The molecule has 5 rings (SSSR count). The minimum Gasteiger partial charge on any atom is -0.459 e. The van der Waals surface area contributed by atoms with Crippen molar-refractivity contribution in [3.8, 4) is 0 Å². The quantitative estimate of drug-likeness (QED) is 0.473. The third kappa shape index (κ3) is 5.86. The molecule has 0 radical (unpaired) electrons. The first-order valence-corrected chi connectivity index (χ1v) is 14.3. The number of hydrogen-bond acceptors (Lipinski definition) is 4. The third-order valence-electron chi connectivity index (χ3n) is 9.50. The number of nitrogens with one attached hydrogen (secondary N) is 1. The van der Waals surface area contributed by atoms with Gasteiger partial charge < -0.3 is 14.8 Å². The van der Waals surface area contributed by atoms with Crippen molar-refractivity contribution in [1.29, 1.82) is 0 Å². The smallest absolute Gasteiger partial charge is 0.408 e. The second-order valence-corrected chi connectivity index (χ2v) is 11.7. The molecule has 1 aliphatic heterocycles. The van der Waals surface area contributed by atoms with E-state index in [4.69, 9.17) is 9.47 Å². The highest BCUT2D eigenvalue weighted by Crippen LogP contribution is 2.50. The molecule has 0 bridgehead atoms. The molecule has 3 saturated carbocycles. The van der Waals surface area contributed by atoms with E-state index in [-0.39, 0.29) is 24.1 Å². The Kier molecular flexibility index (Phi) is 7.99. The fourth-order valence-corrected chi connectivity index (χ4v) is 7.89. The molecule has 3 aliphatic carbocycles. The van der Waals surface area contributed by atoms with Gasteiger partial charge in [0.2, 0.25) is 0 Å². The lowest BCUT2D eigenvalue weighted by molar-refractivity contribution is -0.151. The van der Waals surface area contributed by atoms with E-state index < -0.39 is 12.1 Å². The lowest BCUT2D eigenvalue weighted by Crippen LogP contribution is -2.52. The van der Waals surface area contributed by atoms with Gasteiger partial charge in [-0.1, -0.05) is 88.1 Å². The molecule has 192 valence electrons. The van der Waals surface area contributed by atoms with Gasteiger partial charge in [0.05, 0.1) is 0 Å². The van der Waals surface area contributed by atoms with Crippen molar-refractivity contribution in [1.82, 2.24) is 5.32 Å². The zero-order valence-corrected chi connectivity index (χ0v) is 21.2. The van der Waals surface area contributed by atoms with Crippen LogP contribution in [-0.4, -0.2) is 23.7 Å². The maximum absolute atomic E-state index is 13.7. The molecule has 4 atom stereocenters. The number of hydrogen-bond donors (Lipinski definition) is 1. The molecule has 1 aromatic carbocycles. The monoisotopic (exact) mass is 481 g/mol. The van der Waals surface area contributed by atoms with E-state index in [0.29, 0.717) is 17.8 Å². The Hall–Kier alpha value is -2.04. The number of amides is 1. The molecule has 5 heteroatoms. The fourth-order valence-electron chi connectivity index (χ4n) is 7.89. The molecule has 4 fully saturated rings. The van der Waals surface area contributed by atoms with Crippen LogP contribution < -0.4 is 5.32 Å². The molecule has 1 aromatic rings. The average Bonchev–Trinajstić information content (AvgIpc) is 2.94. The molecular formula is C30H43NO4. The van der Waals surface area contributed by atoms with Crippen LogP contribution in [0.2, 0.25) is 0 Å². The van der Waals surface area contributed by atoms with Crippen molar-refractivity contribution in [3.05, 3.63) is 35.9 Å². The van der Waals surface area contributed by atoms with Crippen LogP contribution in [0.15, 0.2) is 30.3 Å². The SMILES string of the molecule is O=C1NC(C(=O)OCc2ccccc2)C(C2CCCCC2)C2CCCCC2CC2(CCCCC2)O1. The predicted molar refractivity (Wildman–Crippen MR) is 136 cm³/mol. The van der Waals surface area contributed by atoms with E-state index in [1.807, 2.05) is 30.3 Å². The van der Waals surface area contributed by atoms with Gasteiger partial charge in [-0.25, -0.2) is 9.59 Å². The van der Waals surface area contributed by atoms with Crippen LogP contribution >= 0.6 is 0 Å². The topological polar surface area (TPSA) is 64.6 Å². The van der Waals surface area contributed by atoms with Gasteiger partial charge in [0.1, 0.15) is 18.2 Å². The van der Waals surface area contributed by atoms with E-state index in [1.54, 1.807) is 0 Å². The maximum Gasteiger partial charge on any atom is 0.408 e. The zero-order chi connectivity index (χ0) is 24.1. The number of fused-ring (bicyclic) bond motifs is 1. The number of carbonyl (C=O) groups is 2. The lowest BCUT2D eigenvalue weighted by atomic mass is 9.60. The fraction of sp³-hybridized carbons (Fsp3) is 0.733. The van der Waals surface area contributed by atoms with Crippen molar-refractivity contribution in [2.75, 3.05) is 0 Å². The van der Waals surface area contributed by atoms with Crippen molar-refractivity contribution in [2.45, 2.75) is 115 Å². The van der Waals surface area contributed by atoms with Crippen LogP contribution in [0.5, 0.6) is 0 Å². The molecule has 0 aromatic heterocycles. The molecule has 4 unspecified atom stereocenters. The summed E-state index contributed by atoms with van der Waals surface area (Å²) in [6, 6.07) is 9.20. The number of esters is 1. The van der Waals surface area contributed by atoms with Gasteiger partial charge in [-0.2, -0.15) is 0 Å². The van der Waals surface area contributed by atoms with Gasteiger partial charge in [-0.05, 0) is 67.8 Å². The Morgan fingerprint density at radius 1 is 0.886 bits per heavy atom. The van der Waals surface area contributed by atoms with Crippen LogP contribution in [-0.2, 0) is 20.9 Å². The summed E-state index contributed by atoms with van der Waals surface area (Å²) in [7, 11) is 0. The van der Waals surface area contributed by atoms with Crippen molar-refractivity contribution >= 4 is 12.1 Å². The largest absolute Gasteiger partial charge is 0.459 e. The first-order valence-electron chi connectivity index (χ1n) is 14.3. The molecular weight excluding hydrogens is 438 g/mol. The summed E-state index contributed by atoms with van der Waals surface area (Å²) in [6.45, 7) is 0.238. The molecule has 1 heterocycles.